The molecule has 1 spiro atoms. The van der Waals surface area contributed by atoms with Gasteiger partial charge in [0.2, 0.25) is 5.89 Å². The van der Waals surface area contributed by atoms with Crippen LogP contribution in [0, 0.1) is 5.41 Å². The van der Waals surface area contributed by atoms with Gasteiger partial charge >= 0.3 is 0 Å². The van der Waals surface area contributed by atoms with Gasteiger partial charge in [-0.3, -0.25) is 4.90 Å². The van der Waals surface area contributed by atoms with Gasteiger partial charge in [-0.1, -0.05) is 25.4 Å². The summed E-state index contributed by atoms with van der Waals surface area (Å²) in [4.78, 5) is 6.99. The van der Waals surface area contributed by atoms with Crippen molar-refractivity contribution in [2.45, 2.75) is 83.7 Å². The van der Waals surface area contributed by atoms with Gasteiger partial charge in [-0.25, -0.2) is 0 Å². The highest BCUT2D eigenvalue weighted by atomic mass is 16.5. The Kier molecular flexibility index (Phi) is 4.30. The van der Waals surface area contributed by atoms with Crippen LogP contribution in [0.4, 0.5) is 0 Å². The number of rotatable bonds is 4. The van der Waals surface area contributed by atoms with E-state index >= 15 is 0 Å². The zero-order valence-electron chi connectivity index (χ0n) is 16.5. The highest BCUT2D eigenvalue weighted by Gasteiger charge is 2.57. The first-order valence-electron chi connectivity index (χ1n) is 10.6. The van der Waals surface area contributed by atoms with Gasteiger partial charge in [-0.15, -0.1) is 10.2 Å². The first-order chi connectivity index (χ1) is 13.1. The lowest BCUT2D eigenvalue weighted by Crippen LogP contribution is -2.34. The van der Waals surface area contributed by atoms with Gasteiger partial charge in [0.25, 0.3) is 0 Å². The summed E-state index contributed by atoms with van der Waals surface area (Å²) in [6.07, 6.45) is 8.73. The van der Waals surface area contributed by atoms with Gasteiger partial charge in [0.1, 0.15) is 11.6 Å². The summed E-state index contributed by atoms with van der Waals surface area (Å²) in [5, 5.41) is 13.2. The summed E-state index contributed by atoms with van der Waals surface area (Å²) in [5.41, 5.74) is 0.463. The number of hydrogen-bond acceptors (Lipinski definition) is 6. The molecular formula is C20H30N6O. The number of likely N-dealkylation sites (tertiary alicyclic amines) is 1. The van der Waals surface area contributed by atoms with Crippen LogP contribution in [0.25, 0.3) is 0 Å². The average molecular weight is 371 g/mol. The van der Waals surface area contributed by atoms with Gasteiger partial charge in [-0.2, -0.15) is 4.98 Å². The van der Waals surface area contributed by atoms with E-state index in [9.17, 15) is 0 Å². The number of nitrogens with zero attached hydrogens (tertiary/aromatic N) is 6. The second-order valence-corrected chi connectivity index (χ2v) is 9.03. The van der Waals surface area contributed by atoms with E-state index in [4.69, 9.17) is 4.52 Å². The molecule has 1 saturated carbocycles. The van der Waals surface area contributed by atoms with Crippen molar-refractivity contribution in [3.05, 3.63) is 23.4 Å². The third kappa shape index (κ3) is 3.20. The Morgan fingerprint density at radius 2 is 1.96 bits per heavy atom. The monoisotopic (exact) mass is 370 g/mol. The minimum Gasteiger partial charge on any atom is -0.338 e. The molecule has 7 nitrogen and oxygen atoms in total. The van der Waals surface area contributed by atoms with Gasteiger partial charge in [0.15, 0.2) is 5.82 Å². The van der Waals surface area contributed by atoms with E-state index in [-0.39, 0.29) is 0 Å². The van der Waals surface area contributed by atoms with Crippen molar-refractivity contribution in [3.8, 4) is 0 Å². The van der Waals surface area contributed by atoms with Crippen molar-refractivity contribution in [2.75, 3.05) is 13.1 Å². The van der Waals surface area contributed by atoms with E-state index < -0.39 is 0 Å². The Morgan fingerprint density at radius 3 is 2.74 bits per heavy atom. The maximum Gasteiger partial charge on any atom is 0.240 e. The molecule has 2 aliphatic heterocycles. The molecule has 0 N–H and O–H groups in total. The average Bonchev–Trinajstić information content (AvgIpc) is 3.01. The molecular weight excluding hydrogens is 340 g/mol. The molecule has 1 saturated heterocycles. The van der Waals surface area contributed by atoms with Crippen molar-refractivity contribution in [2.24, 2.45) is 5.41 Å². The summed E-state index contributed by atoms with van der Waals surface area (Å²) >= 11 is 0. The summed E-state index contributed by atoms with van der Waals surface area (Å²) < 4.78 is 7.88. The van der Waals surface area contributed by atoms with Crippen LogP contribution in [0.1, 0.15) is 87.6 Å². The maximum atomic E-state index is 5.43. The van der Waals surface area contributed by atoms with Gasteiger partial charge in [0, 0.05) is 24.8 Å². The Labute approximate surface area is 160 Å². The molecule has 1 aliphatic carbocycles. The molecule has 3 aliphatic rings. The van der Waals surface area contributed by atoms with Crippen LogP contribution in [0.5, 0.6) is 0 Å². The topological polar surface area (TPSA) is 72.9 Å². The van der Waals surface area contributed by atoms with Crippen molar-refractivity contribution in [3.63, 3.8) is 0 Å². The second-order valence-electron chi connectivity index (χ2n) is 9.03. The third-order valence-electron chi connectivity index (χ3n) is 6.85. The highest BCUT2D eigenvalue weighted by Crippen LogP contribution is 2.64. The van der Waals surface area contributed by atoms with Crippen molar-refractivity contribution >= 4 is 0 Å². The molecule has 4 heterocycles. The van der Waals surface area contributed by atoms with E-state index in [1.807, 2.05) is 0 Å². The van der Waals surface area contributed by atoms with Crippen LogP contribution in [0.2, 0.25) is 0 Å². The van der Waals surface area contributed by atoms with Crippen LogP contribution in [-0.2, 0) is 19.5 Å². The quantitative estimate of drug-likeness (QED) is 0.822. The molecule has 2 fully saturated rings. The van der Waals surface area contributed by atoms with Crippen molar-refractivity contribution in [1.82, 2.24) is 29.8 Å². The van der Waals surface area contributed by atoms with Crippen LogP contribution in [0.3, 0.4) is 0 Å². The zero-order valence-corrected chi connectivity index (χ0v) is 16.5. The third-order valence-corrected chi connectivity index (χ3v) is 6.85. The minimum atomic E-state index is 0.317. The highest BCUT2D eigenvalue weighted by molar-refractivity contribution is 5.21. The lowest BCUT2D eigenvalue weighted by atomic mass is 9.90. The minimum absolute atomic E-state index is 0.317. The molecule has 0 bridgehead atoms. The fourth-order valence-corrected chi connectivity index (χ4v) is 4.95. The Bertz CT molecular complexity index is 801. The van der Waals surface area contributed by atoms with E-state index in [1.165, 1.54) is 50.2 Å². The Morgan fingerprint density at radius 1 is 1.11 bits per heavy atom. The molecule has 27 heavy (non-hydrogen) atoms. The normalized spacial score (nSPS) is 24.9. The Hall–Kier alpha value is -1.76. The summed E-state index contributed by atoms with van der Waals surface area (Å²) in [5.74, 6) is 5.00. The van der Waals surface area contributed by atoms with Gasteiger partial charge in [0.05, 0.1) is 6.54 Å². The molecule has 1 atom stereocenters. The molecule has 7 heteroatoms. The largest absolute Gasteiger partial charge is 0.338 e. The van der Waals surface area contributed by atoms with Crippen molar-refractivity contribution in [1.29, 1.82) is 0 Å². The van der Waals surface area contributed by atoms with Gasteiger partial charge in [-0.05, 0) is 50.6 Å². The van der Waals surface area contributed by atoms with Crippen LogP contribution >= 0.6 is 0 Å². The van der Waals surface area contributed by atoms with Crippen molar-refractivity contribution < 1.29 is 4.52 Å². The summed E-state index contributed by atoms with van der Waals surface area (Å²) in [6.45, 7) is 8.30. The predicted molar refractivity (Wildman–Crippen MR) is 100 cm³/mol. The molecule has 0 aromatic carbocycles. The lowest BCUT2D eigenvalue weighted by Gasteiger charge is -2.31. The maximum absolute atomic E-state index is 5.43. The zero-order chi connectivity index (χ0) is 18.4. The number of hydrogen-bond donors (Lipinski definition) is 0. The summed E-state index contributed by atoms with van der Waals surface area (Å²) in [7, 11) is 0. The standard InChI is InChI=1S/C20H30N6O/c1-14(2)18-21-17(27-24-18)13-25-10-7-20(8-11-25)12-15(20)19-23-22-16-6-4-3-5-9-26(16)19/h14-15H,3-13H2,1-2H3/t15-/m0/s1. The molecule has 5 rings (SSSR count). The lowest BCUT2D eigenvalue weighted by molar-refractivity contribution is 0.145. The van der Waals surface area contributed by atoms with Gasteiger partial charge < -0.3 is 9.09 Å². The van der Waals surface area contributed by atoms with E-state index in [2.05, 4.69) is 43.7 Å². The van der Waals surface area contributed by atoms with E-state index in [1.54, 1.807) is 0 Å². The molecule has 0 radical (unpaired) electrons. The second kappa shape index (κ2) is 6.69. The Balaban J connectivity index is 1.21. The molecule has 0 unspecified atom stereocenters. The molecule has 146 valence electrons. The molecule has 0 amide bonds. The molecule has 2 aromatic heterocycles. The predicted octanol–water partition coefficient (Wildman–Crippen LogP) is 3.28. The number of aromatic nitrogens is 5. The van der Waals surface area contributed by atoms with Crippen LogP contribution in [0.15, 0.2) is 4.52 Å². The van der Waals surface area contributed by atoms with E-state index in [0.29, 0.717) is 17.3 Å². The fraction of sp³-hybridized carbons (Fsp3) is 0.800. The number of piperidine rings is 1. The molecule has 2 aromatic rings. The van der Waals surface area contributed by atoms with E-state index in [0.717, 1.165) is 44.3 Å². The summed E-state index contributed by atoms with van der Waals surface area (Å²) in [6, 6.07) is 0. The first-order valence-corrected chi connectivity index (χ1v) is 10.6. The number of fused-ring (bicyclic) bond motifs is 1. The number of aryl methyl sites for hydroxylation is 1. The fourth-order valence-electron chi connectivity index (χ4n) is 4.95. The smallest absolute Gasteiger partial charge is 0.240 e. The first kappa shape index (κ1) is 17.3. The SMILES string of the molecule is CC(C)c1noc(CN2CCC3(CC2)C[C@H]3c2nnc3n2CCCCC3)n1. The van der Waals surface area contributed by atoms with Crippen LogP contribution in [-0.4, -0.2) is 42.9 Å². The van der Waals surface area contributed by atoms with Crippen LogP contribution < -0.4 is 0 Å².